The summed E-state index contributed by atoms with van der Waals surface area (Å²) in [4.78, 5) is 42.0. The highest BCUT2D eigenvalue weighted by atomic mass is 16.5. The van der Waals surface area contributed by atoms with Gasteiger partial charge in [-0.05, 0) is 67.9 Å². The van der Waals surface area contributed by atoms with Crippen LogP contribution in [0.5, 0.6) is 0 Å². The van der Waals surface area contributed by atoms with E-state index in [1.54, 1.807) is 30.1 Å². The minimum atomic E-state index is -0.467. The molecule has 0 saturated carbocycles. The Balaban J connectivity index is 1.42. The van der Waals surface area contributed by atoms with Gasteiger partial charge in [0.05, 0.1) is 36.2 Å². The molecule has 0 aliphatic carbocycles. The van der Waals surface area contributed by atoms with Gasteiger partial charge in [0.1, 0.15) is 0 Å². The predicted molar refractivity (Wildman–Crippen MR) is 153 cm³/mol. The van der Waals surface area contributed by atoms with Gasteiger partial charge in [-0.15, -0.1) is 0 Å². The largest absolute Gasteiger partial charge is 0.465 e. The Morgan fingerprint density at radius 1 is 0.949 bits per heavy atom. The highest BCUT2D eigenvalue weighted by Crippen LogP contribution is 2.38. The van der Waals surface area contributed by atoms with Gasteiger partial charge in [-0.25, -0.2) is 4.79 Å². The standard InChI is InChI=1S/C31H32N4O4/c1-34(27(36)20-35-17-7-4-8-18-35)24-14-12-23(13-15-24)32-29(21-9-5-3-6-10-21)28-25-16-11-22(31(38)39-2)19-26(25)33-30(28)37/h3,5-6,9-16,19,32H,4,7-8,17-18,20H2,1-2H3,(H,33,37). The molecule has 0 bridgehead atoms. The topological polar surface area (TPSA) is 91.0 Å². The lowest BCUT2D eigenvalue weighted by molar-refractivity contribution is -0.119. The van der Waals surface area contributed by atoms with Gasteiger partial charge in [0.15, 0.2) is 0 Å². The van der Waals surface area contributed by atoms with E-state index in [4.69, 9.17) is 4.74 Å². The number of likely N-dealkylation sites (N-methyl/N-ethyl adjacent to an activating group) is 1. The number of likely N-dealkylation sites (tertiary alicyclic amines) is 1. The number of methoxy groups -OCH3 is 1. The molecule has 1 saturated heterocycles. The molecule has 2 N–H and O–H groups in total. The zero-order valence-corrected chi connectivity index (χ0v) is 22.2. The van der Waals surface area contributed by atoms with Gasteiger partial charge in [0, 0.05) is 24.0 Å². The van der Waals surface area contributed by atoms with Crippen LogP contribution in [-0.4, -0.2) is 56.5 Å². The summed E-state index contributed by atoms with van der Waals surface area (Å²) in [5, 5.41) is 6.31. The van der Waals surface area contributed by atoms with E-state index in [0.717, 1.165) is 42.9 Å². The van der Waals surface area contributed by atoms with E-state index < -0.39 is 5.97 Å². The van der Waals surface area contributed by atoms with Crippen molar-refractivity contribution in [3.8, 4) is 0 Å². The molecule has 0 radical (unpaired) electrons. The summed E-state index contributed by atoms with van der Waals surface area (Å²) in [6.07, 6.45) is 3.52. The minimum Gasteiger partial charge on any atom is -0.465 e. The molecular formula is C31H32N4O4. The Kier molecular flexibility index (Phi) is 7.74. The number of nitrogens with zero attached hydrogens (tertiary/aromatic N) is 2. The number of carbonyl (C=O) groups excluding carboxylic acids is 3. The maximum atomic E-state index is 13.2. The number of esters is 1. The summed E-state index contributed by atoms with van der Waals surface area (Å²) in [6.45, 7) is 2.37. The fourth-order valence-corrected chi connectivity index (χ4v) is 5.02. The number of amides is 2. The zero-order valence-electron chi connectivity index (χ0n) is 22.2. The molecule has 8 nitrogen and oxygen atoms in total. The molecule has 0 unspecified atom stereocenters. The second-order valence-corrected chi connectivity index (χ2v) is 9.78. The Morgan fingerprint density at radius 3 is 2.36 bits per heavy atom. The van der Waals surface area contributed by atoms with E-state index in [0.29, 0.717) is 34.6 Å². The smallest absolute Gasteiger partial charge is 0.337 e. The Labute approximate surface area is 228 Å². The van der Waals surface area contributed by atoms with Crippen molar-refractivity contribution >= 4 is 46.1 Å². The first-order chi connectivity index (χ1) is 18.9. The third kappa shape index (κ3) is 5.71. The van der Waals surface area contributed by atoms with Crippen LogP contribution in [0.2, 0.25) is 0 Å². The first-order valence-electron chi connectivity index (χ1n) is 13.1. The zero-order chi connectivity index (χ0) is 27.4. The molecule has 8 heteroatoms. The van der Waals surface area contributed by atoms with Crippen LogP contribution in [0.3, 0.4) is 0 Å². The van der Waals surface area contributed by atoms with Crippen LogP contribution in [0.15, 0.2) is 72.8 Å². The van der Waals surface area contributed by atoms with Crippen LogP contribution in [0.4, 0.5) is 17.1 Å². The van der Waals surface area contributed by atoms with Crippen molar-refractivity contribution in [1.82, 2.24) is 4.90 Å². The number of hydrogen-bond acceptors (Lipinski definition) is 6. The van der Waals surface area contributed by atoms with E-state index in [2.05, 4.69) is 15.5 Å². The number of anilines is 3. The van der Waals surface area contributed by atoms with Crippen molar-refractivity contribution < 1.29 is 19.1 Å². The first-order valence-corrected chi connectivity index (χ1v) is 13.1. The van der Waals surface area contributed by atoms with Gasteiger partial charge in [0.2, 0.25) is 5.91 Å². The van der Waals surface area contributed by atoms with E-state index in [-0.39, 0.29) is 11.8 Å². The van der Waals surface area contributed by atoms with Crippen molar-refractivity contribution in [2.24, 2.45) is 0 Å². The van der Waals surface area contributed by atoms with E-state index in [1.165, 1.54) is 13.5 Å². The van der Waals surface area contributed by atoms with E-state index >= 15 is 0 Å². The quantitative estimate of drug-likeness (QED) is 0.339. The number of ether oxygens (including phenoxy) is 1. The van der Waals surface area contributed by atoms with E-state index in [1.807, 2.05) is 54.6 Å². The molecule has 0 aromatic heterocycles. The van der Waals surface area contributed by atoms with Crippen LogP contribution < -0.4 is 15.5 Å². The van der Waals surface area contributed by atoms with Gasteiger partial charge in [0.25, 0.3) is 5.91 Å². The summed E-state index contributed by atoms with van der Waals surface area (Å²) in [5.41, 5.74) is 5.14. The minimum absolute atomic E-state index is 0.0651. The molecule has 0 atom stereocenters. The summed E-state index contributed by atoms with van der Waals surface area (Å²) in [7, 11) is 3.12. The van der Waals surface area contributed by atoms with Crippen LogP contribution in [0, 0.1) is 0 Å². The maximum Gasteiger partial charge on any atom is 0.337 e. The second-order valence-electron chi connectivity index (χ2n) is 9.78. The van der Waals surface area contributed by atoms with Crippen molar-refractivity contribution in [2.75, 3.05) is 49.3 Å². The van der Waals surface area contributed by atoms with Gasteiger partial charge >= 0.3 is 5.97 Å². The van der Waals surface area contributed by atoms with Crippen LogP contribution in [-0.2, 0) is 14.3 Å². The number of fused-ring (bicyclic) bond motifs is 1. The van der Waals surface area contributed by atoms with Crippen molar-refractivity contribution in [3.63, 3.8) is 0 Å². The fourth-order valence-electron chi connectivity index (χ4n) is 5.02. The SMILES string of the molecule is COC(=O)c1ccc2c(c1)NC(=O)C2=C(Nc1ccc(N(C)C(=O)CN2CCCCC2)cc1)c1ccccc1. The molecule has 2 amide bonds. The van der Waals surface area contributed by atoms with Gasteiger partial charge in [-0.1, -0.05) is 42.8 Å². The molecule has 3 aromatic rings. The van der Waals surface area contributed by atoms with Crippen LogP contribution in [0.25, 0.3) is 11.3 Å². The molecule has 2 heterocycles. The monoisotopic (exact) mass is 524 g/mol. The van der Waals surface area contributed by atoms with E-state index in [9.17, 15) is 14.4 Å². The molecule has 200 valence electrons. The Hall–Kier alpha value is -4.43. The van der Waals surface area contributed by atoms with Crippen molar-refractivity contribution in [2.45, 2.75) is 19.3 Å². The average molecular weight is 525 g/mol. The number of benzene rings is 3. The third-order valence-electron chi connectivity index (χ3n) is 7.20. The summed E-state index contributed by atoms with van der Waals surface area (Å²) < 4.78 is 4.82. The number of piperidine rings is 1. The molecular weight excluding hydrogens is 492 g/mol. The normalized spacial score (nSPS) is 16.2. The molecule has 5 rings (SSSR count). The lowest BCUT2D eigenvalue weighted by atomic mass is 9.99. The summed E-state index contributed by atoms with van der Waals surface area (Å²) in [5.74, 6) is -0.668. The lowest BCUT2D eigenvalue weighted by Crippen LogP contribution is -2.40. The first kappa shape index (κ1) is 26.2. The molecule has 0 spiro atoms. The Morgan fingerprint density at radius 2 is 1.67 bits per heavy atom. The molecule has 3 aromatic carbocycles. The Bertz CT molecular complexity index is 1410. The molecule has 39 heavy (non-hydrogen) atoms. The molecule has 1 fully saturated rings. The molecule has 2 aliphatic rings. The number of nitrogens with one attached hydrogen (secondary N) is 2. The number of carbonyl (C=O) groups is 3. The van der Waals surface area contributed by atoms with Crippen LogP contribution in [0.1, 0.15) is 40.7 Å². The number of hydrogen-bond donors (Lipinski definition) is 2. The van der Waals surface area contributed by atoms with Gasteiger partial charge < -0.3 is 20.3 Å². The predicted octanol–water partition coefficient (Wildman–Crippen LogP) is 4.85. The summed E-state index contributed by atoms with van der Waals surface area (Å²) in [6, 6.07) is 22.2. The summed E-state index contributed by atoms with van der Waals surface area (Å²) >= 11 is 0. The molecule has 2 aliphatic heterocycles. The van der Waals surface area contributed by atoms with Crippen LogP contribution >= 0.6 is 0 Å². The van der Waals surface area contributed by atoms with Gasteiger partial charge in [-0.2, -0.15) is 0 Å². The van der Waals surface area contributed by atoms with Crippen molar-refractivity contribution in [3.05, 3.63) is 89.5 Å². The third-order valence-corrected chi connectivity index (χ3v) is 7.20. The van der Waals surface area contributed by atoms with Gasteiger partial charge in [-0.3, -0.25) is 14.5 Å². The fraction of sp³-hybridized carbons (Fsp3) is 0.258. The highest BCUT2D eigenvalue weighted by Gasteiger charge is 2.29. The number of rotatable bonds is 7. The van der Waals surface area contributed by atoms with Crippen molar-refractivity contribution in [1.29, 1.82) is 0 Å². The maximum absolute atomic E-state index is 13.2. The second kappa shape index (κ2) is 11.5. The average Bonchev–Trinajstić information content (AvgIpc) is 3.31. The lowest BCUT2D eigenvalue weighted by Gasteiger charge is -2.28. The highest BCUT2D eigenvalue weighted by molar-refractivity contribution is 6.37.